The third kappa shape index (κ3) is 3.50. The Labute approximate surface area is 175 Å². The van der Waals surface area contributed by atoms with E-state index >= 15 is 0 Å². The molecule has 4 fully saturated rings. The zero-order chi connectivity index (χ0) is 20.1. The zero-order valence-corrected chi connectivity index (χ0v) is 19.6. The first kappa shape index (κ1) is 21.2. The maximum Gasteiger partial charge on any atom is 0.0543 e. The van der Waals surface area contributed by atoms with Crippen LogP contribution in [0.25, 0.3) is 0 Å². The van der Waals surface area contributed by atoms with Gasteiger partial charge in [-0.2, -0.15) is 0 Å². The van der Waals surface area contributed by atoms with Crippen LogP contribution in [-0.4, -0.2) is 11.2 Å². The number of hydrogen-bond donors (Lipinski definition) is 1. The lowest BCUT2D eigenvalue weighted by Crippen LogP contribution is -2.54. The second kappa shape index (κ2) is 7.90. The molecule has 0 heterocycles. The van der Waals surface area contributed by atoms with E-state index < -0.39 is 0 Å². The highest BCUT2D eigenvalue weighted by molar-refractivity contribution is 5.09. The molecule has 4 aliphatic carbocycles. The quantitative estimate of drug-likeness (QED) is 0.518. The van der Waals surface area contributed by atoms with E-state index in [-0.39, 0.29) is 6.10 Å². The van der Waals surface area contributed by atoms with E-state index in [0.29, 0.717) is 10.8 Å². The molecule has 4 saturated carbocycles. The Hall–Kier alpha value is -0.0400. The maximum atomic E-state index is 10.3. The first-order valence-electron chi connectivity index (χ1n) is 12.9. The van der Waals surface area contributed by atoms with E-state index in [9.17, 15) is 5.11 Å². The third-order valence-corrected chi connectivity index (χ3v) is 10.8. The first-order chi connectivity index (χ1) is 13.3. The van der Waals surface area contributed by atoms with Crippen LogP contribution in [0.15, 0.2) is 0 Å². The van der Waals surface area contributed by atoms with Crippen molar-refractivity contribution in [2.45, 2.75) is 118 Å². The topological polar surface area (TPSA) is 20.2 Å². The Bertz CT molecular complexity index is 540. The molecule has 0 aromatic heterocycles. The Morgan fingerprint density at radius 3 is 2.29 bits per heavy atom. The molecule has 0 bridgehead atoms. The number of aliphatic hydroxyl groups is 1. The van der Waals surface area contributed by atoms with Crippen molar-refractivity contribution in [2.24, 2.45) is 52.3 Å². The predicted molar refractivity (Wildman–Crippen MR) is 119 cm³/mol. The molecule has 0 aliphatic heterocycles. The van der Waals surface area contributed by atoms with Crippen LogP contribution in [0.5, 0.6) is 0 Å². The fraction of sp³-hybridized carbons (Fsp3) is 1.00. The number of rotatable bonds is 5. The molecule has 0 saturated heterocycles. The van der Waals surface area contributed by atoms with Gasteiger partial charge in [0.25, 0.3) is 0 Å². The van der Waals surface area contributed by atoms with E-state index in [0.717, 1.165) is 54.3 Å². The largest absolute Gasteiger partial charge is 0.393 e. The van der Waals surface area contributed by atoms with Crippen LogP contribution in [0, 0.1) is 52.3 Å². The van der Waals surface area contributed by atoms with Crippen molar-refractivity contribution >= 4 is 0 Å². The highest BCUT2D eigenvalue weighted by Crippen LogP contribution is 2.68. The lowest BCUT2D eigenvalue weighted by molar-refractivity contribution is -0.129. The number of fused-ring (bicyclic) bond motifs is 5. The normalized spacial score (nSPS) is 49.4. The smallest absolute Gasteiger partial charge is 0.0543 e. The van der Waals surface area contributed by atoms with Crippen LogP contribution in [0.4, 0.5) is 0 Å². The standard InChI is InChI=1S/C27H48O/c1-18(2)7-6-8-19(3)23-11-12-24-22-10-9-20-17-21(28)13-15-26(20,4)25(22)14-16-27(23,24)5/h18-25,28H,6-17H2,1-5H3/t19-,20-,21-,22-,23+,24-,25+,26-,27+/m0/s1. The average molecular weight is 389 g/mol. The van der Waals surface area contributed by atoms with E-state index in [1.165, 1.54) is 64.2 Å². The third-order valence-electron chi connectivity index (χ3n) is 10.8. The summed E-state index contributed by atoms with van der Waals surface area (Å²) in [4.78, 5) is 0. The lowest BCUT2D eigenvalue weighted by Gasteiger charge is -2.61. The second-order valence-corrected chi connectivity index (χ2v) is 12.6. The minimum Gasteiger partial charge on any atom is -0.393 e. The molecule has 28 heavy (non-hydrogen) atoms. The van der Waals surface area contributed by atoms with Crippen LogP contribution in [-0.2, 0) is 0 Å². The molecular weight excluding hydrogens is 340 g/mol. The van der Waals surface area contributed by atoms with Gasteiger partial charge in [0.2, 0.25) is 0 Å². The summed E-state index contributed by atoms with van der Waals surface area (Å²) < 4.78 is 0. The van der Waals surface area contributed by atoms with Crippen molar-refractivity contribution in [3.05, 3.63) is 0 Å². The van der Waals surface area contributed by atoms with Gasteiger partial charge in [-0.3, -0.25) is 0 Å². The van der Waals surface area contributed by atoms with Gasteiger partial charge in [0.05, 0.1) is 6.10 Å². The molecule has 0 unspecified atom stereocenters. The molecule has 4 aliphatic rings. The predicted octanol–water partition coefficient (Wildman–Crippen LogP) is 7.47. The Kier molecular flexibility index (Phi) is 5.98. The summed E-state index contributed by atoms with van der Waals surface area (Å²) in [7, 11) is 0. The fourth-order valence-corrected chi connectivity index (χ4v) is 9.26. The Balaban J connectivity index is 1.46. The monoisotopic (exact) mass is 388 g/mol. The van der Waals surface area contributed by atoms with Gasteiger partial charge >= 0.3 is 0 Å². The van der Waals surface area contributed by atoms with E-state index in [2.05, 4.69) is 34.6 Å². The summed E-state index contributed by atoms with van der Waals surface area (Å²) in [5.74, 6) is 6.49. The summed E-state index contributed by atoms with van der Waals surface area (Å²) in [5.41, 5.74) is 1.15. The second-order valence-electron chi connectivity index (χ2n) is 12.6. The number of hydrogen-bond acceptors (Lipinski definition) is 1. The molecule has 1 N–H and O–H groups in total. The first-order valence-corrected chi connectivity index (χ1v) is 12.9. The molecule has 0 spiro atoms. The van der Waals surface area contributed by atoms with Gasteiger partial charge in [0, 0.05) is 0 Å². The molecule has 1 heteroatoms. The molecule has 0 amide bonds. The Morgan fingerprint density at radius 2 is 1.54 bits per heavy atom. The maximum absolute atomic E-state index is 10.3. The van der Waals surface area contributed by atoms with Gasteiger partial charge in [-0.05, 0) is 110 Å². The molecule has 1 nitrogen and oxygen atoms in total. The number of aliphatic hydroxyl groups excluding tert-OH is 1. The highest BCUT2D eigenvalue weighted by Gasteiger charge is 2.60. The SMILES string of the molecule is CC(C)CCC[C@H](C)[C@H]1CC[C@H]2[C@@H]3CC[C@H]4C[C@@H](O)CC[C@]4(C)[C@@H]3CC[C@]12C. The van der Waals surface area contributed by atoms with Gasteiger partial charge in [-0.15, -0.1) is 0 Å². The minimum absolute atomic E-state index is 0.00830. The van der Waals surface area contributed by atoms with Crippen LogP contribution in [0.3, 0.4) is 0 Å². The van der Waals surface area contributed by atoms with Crippen molar-refractivity contribution in [2.75, 3.05) is 0 Å². The van der Waals surface area contributed by atoms with E-state index in [4.69, 9.17) is 0 Å². The Morgan fingerprint density at radius 1 is 0.821 bits per heavy atom. The van der Waals surface area contributed by atoms with Crippen LogP contribution in [0.2, 0.25) is 0 Å². The summed E-state index contributed by atoms with van der Waals surface area (Å²) in [5, 5.41) is 10.3. The van der Waals surface area contributed by atoms with Gasteiger partial charge in [0.15, 0.2) is 0 Å². The molecule has 162 valence electrons. The fourth-order valence-electron chi connectivity index (χ4n) is 9.26. The van der Waals surface area contributed by atoms with Crippen molar-refractivity contribution in [1.82, 2.24) is 0 Å². The molecule has 0 radical (unpaired) electrons. The van der Waals surface area contributed by atoms with Gasteiger partial charge in [0.1, 0.15) is 0 Å². The minimum atomic E-state index is -0.00830. The van der Waals surface area contributed by atoms with E-state index in [1.807, 2.05) is 0 Å². The average Bonchev–Trinajstić information content (AvgIpc) is 2.99. The summed E-state index contributed by atoms with van der Waals surface area (Å²) in [6, 6.07) is 0. The van der Waals surface area contributed by atoms with Crippen LogP contribution < -0.4 is 0 Å². The summed E-state index contributed by atoms with van der Waals surface area (Å²) >= 11 is 0. The lowest BCUT2D eigenvalue weighted by atomic mass is 9.44. The summed E-state index contributed by atoms with van der Waals surface area (Å²) in [6.45, 7) is 12.7. The molecule has 0 aromatic carbocycles. The van der Waals surface area contributed by atoms with Crippen molar-refractivity contribution in [3.63, 3.8) is 0 Å². The highest BCUT2D eigenvalue weighted by atomic mass is 16.3. The van der Waals surface area contributed by atoms with Gasteiger partial charge < -0.3 is 5.11 Å². The molecule has 0 aromatic rings. The summed E-state index contributed by atoms with van der Waals surface area (Å²) in [6.07, 6.45) is 16.6. The van der Waals surface area contributed by atoms with Crippen LogP contribution >= 0.6 is 0 Å². The van der Waals surface area contributed by atoms with Crippen molar-refractivity contribution < 1.29 is 5.11 Å². The molecular formula is C27H48O. The van der Waals surface area contributed by atoms with Crippen molar-refractivity contribution in [1.29, 1.82) is 0 Å². The van der Waals surface area contributed by atoms with E-state index in [1.54, 1.807) is 0 Å². The van der Waals surface area contributed by atoms with Crippen LogP contribution in [0.1, 0.15) is 112 Å². The van der Waals surface area contributed by atoms with Gasteiger partial charge in [-0.1, -0.05) is 53.9 Å². The molecule has 9 atom stereocenters. The molecule has 4 rings (SSSR count). The zero-order valence-electron chi connectivity index (χ0n) is 19.6. The van der Waals surface area contributed by atoms with Gasteiger partial charge in [-0.25, -0.2) is 0 Å². The van der Waals surface area contributed by atoms with Crippen molar-refractivity contribution in [3.8, 4) is 0 Å².